The third-order valence-electron chi connectivity index (χ3n) is 3.58. The van der Waals surface area contributed by atoms with E-state index in [1.54, 1.807) is 6.07 Å². The number of likely N-dealkylation sites (N-methyl/N-ethyl adjacent to an activating group) is 1. The van der Waals surface area contributed by atoms with Gasteiger partial charge in [0.25, 0.3) is 0 Å². The van der Waals surface area contributed by atoms with Gasteiger partial charge in [-0.15, -0.1) is 0 Å². The number of piperidine rings is 1. The van der Waals surface area contributed by atoms with Crippen LogP contribution in [0.3, 0.4) is 0 Å². The number of rotatable bonds is 5. The Morgan fingerprint density at radius 1 is 1.50 bits per heavy atom. The summed E-state index contributed by atoms with van der Waals surface area (Å²) >= 11 is 0. The van der Waals surface area contributed by atoms with Crippen LogP contribution in [0.4, 0.5) is 0 Å². The summed E-state index contributed by atoms with van der Waals surface area (Å²) in [5.41, 5.74) is 1.26. The van der Waals surface area contributed by atoms with Crippen molar-refractivity contribution in [2.24, 2.45) is 0 Å². The number of esters is 1. The van der Waals surface area contributed by atoms with Gasteiger partial charge in [-0.05, 0) is 38.6 Å². The lowest BCUT2D eigenvalue weighted by molar-refractivity contribution is 0.0593. The van der Waals surface area contributed by atoms with Gasteiger partial charge in [0.2, 0.25) is 0 Å². The van der Waals surface area contributed by atoms with Gasteiger partial charge < -0.3 is 10.1 Å². The van der Waals surface area contributed by atoms with Crippen molar-refractivity contribution in [3.63, 3.8) is 0 Å². The van der Waals surface area contributed by atoms with Gasteiger partial charge >= 0.3 is 5.97 Å². The Labute approximate surface area is 120 Å². The van der Waals surface area contributed by atoms with Gasteiger partial charge in [-0.3, -0.25) is 4.90 Å². The maximum Gasteiger partial charge on any atom is 0.356 e. The minimum Gasteiger partial charge on any atom is -0.464 e. The average Bonchev–Trinajstić information content (AvgIpc) is 2.47. The highest BCUT2D eigenvalue weighted by molar-refractivity contribution is 5.87. The van der Waals surface area contributed by atoms with Gasteiger partial charge in [0.1, 0.15) is 5.69 Å². The second-order valence-corrected chi connectivity index (χ2v) is 5.35. The summed E-state index contributed by atoms with van der Waals surface area (Å²) in [5.74, 6) is -0.386. The van der Waals surface area contributed by atoms with Crippen LogP contribution in [0, 0.1) is 0 Å². The molecule has 1 aliphatic rings. The fourth-order valence-electron chi connectivity index (χ4n) is 2.58. The Morgan fingerprint density at radius 2 is 2.35 bits per heavy atom. The van der Waals surface area contributed by atoms with Crippen LogP contribution in [0.5, 0.6) is 0 Å². The molecule has 110 valence electrons. The third kappa shape index (κ3) is 4.28. The molecule has 5 heteroatoms. The molecule has 1 N–H and O–H groups in total. The Balaban J connectivity index is 1.89. The van der Waals surface area contributed by atoms with E-state index < -0.39 is 0 Å². The van der Waals surface area contributed by atoms with Crippen molar-refractivity contribution >= 4 is 5.97 Å². The maximum absolute atomic E-state index is 11.5. The zero-order valence-corrected chi connectivity index (χ0v) is 12.3. The van der Waals surface area contributed by atoms with E-state index in [-0.39, 0.29) is 5.97 Å². The molecule has 1 saturated heterocycles. The molecular weight excluding hydrogens is 254 g/mol. The van der Waals surface area contributed by atoms with Crippen LogP contribution in [-0.4, -0.2) is 49.1 Å². The molecule has 0 amide bonds. The largest absolute Gasteiger partial charge is 0.464 e. The van der Waals surface area contributed by atoms with Crippen LogP contribution in [0.25, 0.3) is 0 Å². The number of carbonyl (C=O) groups excluding carboxylic acids is 1. The monoisotopic (exact) mass is 277 g/mol. The Morgan fingerprint density at radius 3 is 3.05 bits per heavy atom. The fraction of sp³-hybridized carbons (Fsp3) is 0.600. The van der Waals surface area contributed by atoms with Crippen LogP contribution in [-0.2, 0) is 11.3 Å². The van der Waals surface area contributed by atoms with E-state index in [4.69, 9.17) is 4.74 Å². The van der Waals surface area contributed by atoms with Crippen LogP contribution in [0.1, 0.15) is 35.4 Å². The van der Waals surface area contributed by atoms with Crippen molar-refractivity contribution in [2.75, 3.05) is 27.2 Å². The Hall–Kier alpha value is -1.46. The van der Waals surface area contributed by atoms with Crippen LogP contribution < -0.4 is 5.32 Å². The number of ether oxygens (including phenoxy) is 1. The summed E-state index contributed by atoms with van der Waals surface area (Å²) in [6.07, 6.45) is 3.82. The number of pyridine rings is 1. The number of methoxy groups -OCH3 is 1. The van der Waals surface area contributed by atoms with E-state index in [9.17, 15) is 4.79 Å². The summed E-state index contributed by atoms with van der Waals surface area (Å²) in [6, 6.07) is 6.04. The van der Waals surface area contributed by atoms with E-state index in [2.05, 4.69) is 22.2 Å². The average molecular weight is 277 g/mol. The lowest BCUT2D eigenvalue weighted by Crippen LogP contribution is -2.42. The quantitative estimate of drug-likeness (QED) is 0.825. The molecule has 5 nitrogen and oxygen atoms in total. The van der Waals surface area contributed by atoms with Gasteiger partial charge in [0.05, 0.1) is 12.8 Å². The molecule has 1 fully saturated rings. The summed E-state index contributed by atoms with van der Waals surface area (Å²) < 4.78 is 4.69. The van der Waals surface area contributed by atoms with Gasteiger partial charge in [-0.1, -0.05) is 12.5 Å². The standard InChI is InChI=1S/C15H23N3O2/c1-18(10-12-6-3-4-9-16-12)11-13-7-5-8-14(17-13)15(19)20-2/h5,7-8,12,16H,3-4,6,9-11H2,1-2H3. The number of hydrogen-bond acceptors (Lipinski definition) is 5. The van der Waals surface area contributed by atoms with E-state index in [0.29, 0.717) is 11.7 Å². The predicted octanol–water partition coefficient (Wildman–Crippen LogP) is 1.44. The van der Waals surface area contributed by atoms with Gasteiger partial charge in [-0.2, -0.15) is 0 Å². The number of hydrogen-bond donors (Lipinski definition) is 1. The maximum atomic E-state index is 11.5. The molecule has 2 rings (SSSR count). The van der Waals surface area contributed by atoms with Gasteiger partial charge in [0, 0.05) is 19.1 Å². The molecule has 1 aliphatic heterocycles. The molecule has 0 aliphatic carbocycles. The van der Waals surface area contributed by atoms with Gasteiger partial charge in [0.15, 0.2) is 0 Å². The highest BCUT2D eigenvalue weighted by atomic mass is 16.5. The molecular formula is C15H23N3O2. The first-order valence-electron chi connectivity index (χ1n) is 7.15. The smallest absolute Gasteiger partial charge is 0.356 e. The molecule has 0 radical (unpaired) electrons. The van der Waals surface area contributed by atoms with Gasteiger partial charge in [-0.25, -0.2) is 9.78 Å². The highest BCUT2D eigenvalue weighted by Gasteiger charge is 2.15. The molecule has 0 aromatic carbocycles. The van der Waals surface area contributed by atoms with E-state index in [0.717, 1.165) is 25.3 Å². The van der Waals surface area contributed by atoms with Crippen molar-refractivity contribution in [3.05, 3.63) is 29.6 Å². The van der Waals surface area contributed by atoms with Crippen molar-refractivity contribution in [3.8, 4) is 0 Å². The lowest BCUT2D eigenvalue weighted by Gasteiger charge is -2.28. The van der Waals surface area contributed by atoms with Crippen LogP contribution in [0.2, 0.25) is 0 Å². The van der Waals surface area contributed by atoms with E-state index in [1.165, 1.54) is 26.4 Å². The van der Waals surface area contributed by atoms with Crippen molar-refractivity contribution in [2.45, 2.75) is 31.8 Å². The number of nitrogens with one attached hydrogen (secondary N) is 1. The van der Waals surface area contributed by atoms with Crippen molar-refractivity contribution in [1.82, 2.24) is 15.2 Å². The molecule has 1 aromatic rings. The summed E-state index contributed by atoms with van der Waals surface area (Å²) in [6.45, 7) is 2.86. The number of nitrogens with zero attached hydrogens (tertiary/aromatic N) is 2. The SMILES string of the molecule is COC(=O)c1cccc(CN(C)CC2CCCCN2)n1. The van der Waals surface area contributed by atoms with Crippen molar-refractivity contribution in [1.29, 1.82) is 0 Å². The molecule has 0 saturated carbocycles. The molecule has 20 heavy (non-hydrogen) atoms. The molecule has 0 bridgehead atoms. The first-order valence-corrected chi connectivity index (χ1v) is 7.15. The topological polar surface area (TPSA) is 54.5 Å². The normalized spacial score (nSPS) is 19.1. The Kier molecular flexibility index (Phi) is 5.49. The fourth-order valence-corrected chi connectivity index (χ4v) is 2.58. The first kappa shape index (κ1) is 14.9. The second-order valence-electron chi connectivity index (χ2n) is 5.35. The van der Waals surface area contributed by atoms with Crippen LogP contribution >= 0.6 is 0 Å². The minimum absolute atomic E-state index is 0.370. The predicted molar refractivity (Wildman–Crippen MR) is 77.6 cm³/mol. The molecule has 1 aromatic heterocycles. The van der Waals surface area contributed by atoms with E-state index >= 15 is 0 Å². The van der Waals surface area contributed by atoms with E-state index in [1.807, 2.05) is 12.1 Å². The zero-order chi connectivity index (χ0) is 14.4. The summed E-state index contributed by atoms with van der Waals surface area (Å²) in [5, 5.41) is 3.54. The van der Waals surface area contributed by atoms with Crippen molar-refractivity contribution < 1.29 is 9.53 Å². The van der Waals surface area contributed by atoms with Crippen LogP contribution in [0.15, 0.2) is 18.2 Å². The molecule has 2 heterocycles. The molecule has 1 unspecified atom stereocenters. The Bertz CT molecular complexity index is 444. The second kappa shape index (κ2) is 7.36. The zero-order valence-electron chi connectivity index (χ0n) is 12.3. The third-order valence-corrected chi connectivity index (χ3v) is 3.58. The summed E-state index contributed by atoms with van der Waals surface area (Å²) in [4.78, 5) is 18.0. The number of carbonyl (C=O) groups is 1. The first-order chi connectivity index (χ1) is 9.69. The summed E-state index contributed by atoms with van der Waals surface area (Å²) in [7, 11) is 3.46. The lowest BCUT2D eigenvalue weighted by atomic mass is 10.0. The molecule has 1 atom stereocenters. The minimum atomic E-state index is -0.386. The molecule has 0 spiro atoms. The number of aromatic nitrogens is 1. The highest BCUT2D eigenvalue weighted by Crippen LogP contribution is 2.10.